The summed E-state index contributed by atoms with van der Waals surface area (Å²) in [5.41, 5.74) is 3.19. The number of nitrogens with one attached hydrogen (secondary N) is 1. The lowest BCUT2D eigenvalue weighted by Gasteiger charge is -2.01. The molecule has 0 saturated carbocycles. The number of hydrogen-bond donors (Lipinski definition) is 1. The molecule has 5 nitrogen and oxygen atoms in total. The molecule has 0 bridgehead atoms. The van der Waals surface area contributed by atoms with E-state index in [-0.39, 0.29) is 0 Å². The first kappa shape index (κ1) is 12.6. The number of thiazole rings is 1. The third-order valence-electron chi connectivity index (χ3n) is 3.09. The van der Waals surface area contributed by atoms with Crippen molar-refractivity contribution in [3.63, 3.8) is 0 Å². The van der Waals surface area contributed by atoms with E-state index in [1.54, 1.807) is 11.3 Å². The first-order valence-corrected chi connectivity index (χ1v) is 7.52. The number of H-pyrrole nitrogens is 1. The van der Waals surface area contributed by atoms with Crippen LogP contribution in [0.25, 0.3) is 11.2 Å². The molecule has 0 aliphatic carbocycles. The van der Waals surface area contributed by atoms with Gasteiger partial charge < -0.3 is 4.98 Å². The Morgan fingerprint density at radius 3 is 3.00 bits per heavy atom. The van der Waals surface area contributed by atoms with Gasteiger partial charge in [-0.05, 0) is 18.6 Å². The van der Waals surface area contributed by atoms with Gasteiger partial charge in [-0.1, -0.05) is 13.3 Å². The molecular weight excluding hydrogens is 278 g/mol. The van der Waals surface area contributed by atoms with E-state index in [0.29, 0.717) is 6.54 Å². The van der Waals surface area contributed by atoms with E-state index in [9.17, 15) is 0 Å². The second-order valence-electron chi connectivity index (χ2n) is 4.46. The van der Waals surface area contributed by atoms with Crippen molar-refractivity contribution in [2.75, 3.05) is 0 Å². The van der Waals surface area contributed by atoms with E-state index in [0.717, 1.165) is 39.5 Å². The van der Waals surface area contributed by atoms with Crippen molar-refractivity contribution >= 4 is 34.7 Å². The van der Waals surface area contributed by atoms with Crippen LogP contribution in [0.3, 0.4) is 0 Å². The fraction of sp³-hybridized carbons (Fsp3) is 0.417. The van der Waals surface area contributed by atoms with Crippen LogP contribution in [0.2, 0.25) is 0 Å². The monoisotopic (exact) mass is 293 g/mol. The van der Waals surface area contributed by atoms with E-state index in [1.165, 1.54) is 0 Å². The molecule has 3 aromatic heterocycles. The molecule has 0 spiro atoms. The van der Waals surface area contributed by atoms with Crippen molar-refractivity contribution in [2.45, 2.75) is 26.3 Å². The Morgan fingerprint density at radius 1 is 1.47 bits per heavy atom. The summed E-state index contributed by atoms with van der Waals surface area (Å²) in [6.45, 7) is 2.85. The fourth-order valence-corrected chi connectivity index (χ4v) is 3.16. The Morgan fingerprint density at radius 2 is 2.32 bits per heavy atom. The normalized spacial score (nSPS) is 11.5. The van der Waals surface area contributed by atoms with Crippen molar-refractivity contribution in [2.24, 2.45) is 7.05 Å². The third-order valence-corrected chi connectivity index (χ3v) is 4.17. The van der Waals surface area contributed by atoms with E-state index in [1.807, 2.05) is 23.3 Å². The Kier molecular flexibility index (Phi) is 3.24. The van der Waals surface area contributed by atoms with Crippen molar-refractivity contribution in [1.29, 1.82) is 0 Å². The van der Waals surface area contributed by atoms with Crippen molar-refractivity contribution in [1.82, 2.24) is 24.3 Å². The summed E-state index contributed by atoms with van der Waals surface area (Å²) in [4.78, 5) is 7.60. The molecule has 0 radical (unpaired) electrons. The molecule has 0 aromatic carbocycles. The fourth-order valence-electron chi connectivity index (χ4n) is 2.30. The van der Waals surface area contributed by atoms with Gasteiger partial charge >= 0.3 is 0 Å². The molecule has 0 unspecified atom stereocenters. The molecular formula is C12H15N5S2. The molecule has 100 valence electrons. The number of nitrogens with zero attached hydrogens (tertiary/aromatic N) is 4. The predicted octanol–water partition coefficient (Wildman–Crippen LogP) is 2.89. The Balaban J connectivity index is 2.14. The predicted molar refractivity (Wildman–Crippen MR) is 79.1 cm³/mol. The van der Waals surface area contributed by atoms with Gasteiger partial charge in [0.25, 0.3) is 0 Å². The van der Waals surface area contributed by atoms with Gasteiger partial charge in [-0.15, -0.1) is 11.3 Å². The second kappa shape index (κ2) is 4.90. The summed E-state index contributed by atoms with van der Waals surface area (Å²) in [5.74, 6) is 0. The summed E-state index contributed by atoms with van der Waals surface area (Å²) >= 11 is 7.07. The first-order chi connectivity index (χ1) is 9.20. The minimum Gasteiger partial charge on any atom is -0.328 e. The van der Waals surface area contributed by atoms with Gasteiger partial charge in [0.1, 0.15) is 10.5 Å². The zero-order valence-corrected chi connectivity index (χ0v) is 12.5. The maximum atomic E-state index is 5.43. The minimum atomic E-state index is 0.696. The van der Waals surface area contributed by atoms with Crippen LogP contribution in [0.1, 0.15) is 24.0 Å². The lowest BCUT2D eigenvalue weighted by Crippen LogP contribution is -2.04. The number of rotatable bonds is 4. The van der Waals surface area contributed by atoms with E-state index >= 15 is 0 Å². The average Bonchev–Trinajstić information content (AvgIpc) is 3.04. The largest absolute Gasteiger partial charge is 0.328 e. The van der Waals surface area contributed by atoms with Gasteiger partial charge in [-0.25, -0.2) is 4.98 Å². The zero-order chi connectivity index (χ0) is 13.4. The number of aromatic amines is 1. The van der Waals surface area contributed by atoms with Gasteiger partial charge in [-0.3, -0.25) is 9.25 Å². The molecule has 3 aromatic rings. The van der Waals surface area contributed by atoms with E-state index < -0.39 is 0 Å². The maximum Gasteiger partial charge on any atom is 0.179 e. The molecule has 3 rings (SSSR count). The topological polar surface area (TPSA) is 51.4 Å². The highest BCUT2D eigenvalue weighted by atomic mass is 32.1. The lowest BCUT2D eigenvalue weighted by molar-refractivity contribution is 0.701. The Bertz CT molecular complexity index is 747. The minimum absolute atomic E-state index is 0.696. The lowest BCUT2D eigenvalue weighted by atomic mass is 10.2. The van der Waals surface area contributed by atoms with Gasteiger partial charge in [0.2, 0.25) is 0 Å². The van der Waals surface area contributed by atoms with E-state index in [2.05, 4.69) is 26.6 Å². The van der Waals surface area contributed by atoms with Crippen LogP contribution >= 0.6 is 23.6 Å². The van der Waals surface area contributed by atoms with Crippen LogP contribution in [0.5, 0.6) is 0 Å². The van der Waals surface area contributed by atoms with Gasteiger partial charge in [0, 0.05) is 18.6 Å². The summed E-state index contributed by atoms with van der Waals surface area (Å²) in [6, 6.07) is 0. The van der Waals surface area contributed by atoms with Gasteiger partial charge in [0.05, 0.1) is 12.2 Å². The number of aromatic nitrogens is 5. The molecule has 0 saturated heterocycles. The summed E-state index contributed by atoms with van der Waals surface area (Å²) < 4.78 is 4.70. The summed E-state index contributed by atoms with van der Waals surface area (Å²) in [6.07, 6.45) is 3.85. The van der Waals surface area contributed by atoms with E-state index in [4.69, 9.17) is 12.2 Å². The highest BCUT2D eigenvalue weighted by Gasteiger charge is 2.15. The summed E-state index contributed by atoms with van der Waals surface area (Å²) in [5, 5.41) is 7.60. The van der Waals surface area contributed by atoms with Crippen LogP contribution in [-0.4, -0.2) is 24.3 Å². The third kappa shape index (κ3) is 2.12. The first-order valence-electron chi connectivity index (χ1n) is 6.23. The van der Waals surface area contributed by atoms with Crippen LogP contribution in [0.4, 0.5) is 0 Å². The average molecular weight is 293 g/mol. The highest BCUT2D eigenvalue weighted by molar-refractivity contribution is 7.71. The maximum absolute atomic E-state index is 5.43. The molecule has 0 aliphatic rings. The second-order valence-corrected chi connectivity index (χ2v) is 5.83. The number of hydrogen-bond acceptors (Lipinski definition) is 4. The zero-order valence-electron chi connectivity index (χ0n) is 10.9. The van der Waals surface area contributed by atoms with Crippen LogP contribution < -0.4 is 0 Å². The SMILES string of the molecule is CCCc1nn(C)c2c1[nH]c(=S)n2Cc1nccs1. The molecule has 19 heavy (non-hydrogen) atoms. The van der Waals surface area contributed by atoms with Gasteiger partial charge in [-0.2, -0.15) is 5.10 Å². The molecule has 0 atom stereocenters. The van der Waals surface area contributed by atoms with Crippen LogP contribution in [-0.2, 0) is 20.0 Å². The number of imidazole rings is 1. The van der Waals surface area contributed by atoms with Gasteiger partial charge in [0.15, 0.2) is 10.4 Å². The van der Waals surface area contributed by atoms with Crippen molar-refractivity contribution in [3.8, 4) is 0 Å². The Labute approximate surface area is 119 Å². The van der Waals surface area contributed by atoms with Crippen LogP contribution in [0.15, 0.2) is 11.6 Å². The number of fused-ring (bicyclic) bond motifs is 1. The molecule has 3 heterocycles. The molecule has 1 N–H and O–H groups in total. The van der Waals surface area contributed by atoms with Crippen LogP contribution in [0, 0.1) is 4.77 Å². The van der Waals surface area contributed by atoms with Crippen molar-refractivity contribution in [3.05, 3.63) is 27.0 Å². The smallest absolute Gasteiger partial charge is 0.179 e. The quantitative estimate of drug-likeness (QED) is 0.753. The highest BCUT2D eigenvalue weighted by Crippen LogP contribution is 2.20. The number of aryl methyl sites for hydroxylation is 2. The van der Waals surface area contributed by atoms with Crippen molar-refractivity contribution < 1.29 is 0 Å². The molecule has 0 aliphatic heterocycles. The molecule has 0 amide bonds. The standard InChI is InChI=1S/C12H15N5S2/c1-3-4-8-10-11(16(2)15-8)17(12(18)14-10)7-9-13-5-6-19-9/h5-6H,3-4,7H2,1-2H3,(H,14,18). The summed E-state index contributed by atoms with van der Waals surface area (Å²) in [7, 11) is 1.96. The molecule has 0 fully saturated rings. The Hall–Kier alpha value is -1.47. The molecule has 7 heteroatoms.